The molecular formula is C19H20ClF3N4O3S. The monoisotopic (exact) mass is 476 g/mol. The summed E-state index contributed by atoms with van der Waals surface area (Å²) in [6.07, 6.45) is 0.842. The highest BCUT2D eigenvalue weighted by molar-refractivity contribution is 7.92. The predicted octanol–water partition coefficient (Wildman–Crippen LogP) is 2.86. The Morgan fingerprint density at radius 1 is 1.29 bits per heavy atom. The Morgan fingerprint density at radius 3 is 2.65 bits per heavy atom. The number of sulfonamides is 1. The number of hydrogen-bond donors (Lipinski definition) is 1. The van der Waals surface area contributed by atoms with Gasteiger partial charge in [0.15, 0.2) is 10.7 Å². The van der Waals surface area contributed by atoms with Crippen LogP contribution in [0.4, 0.5) is 24.7 Å². The summed E-state index contributed by atoms with van der Waals surface area (Å²) in [4.78, 5) is 5.77. The average Bonchev–Trinajstić information content (AvgIpc) is 3.08. The van der Waals surface area contributed by atoms with Gasteiger partial charge in [-0.25, -0.2) is 22.2 Å². The van der Waals surface area contributed by atoms with E-state index in [2.05, 4.69) is 9.88 Å². The SMILES string of the molecule is CN(C)[C@H]1CCOC12CN(c1cc(F)c(S(=O)(=O)Nc3cccc(F)n3)c(F)c1Cl)C2. The Bertz CT molecular complexity index is 1130. The van der Waals surface area contributed by atoms with Crippen LogP contribution < -0.4 is 9.62 Å². The minimum Gasteiger partial charge on any atom is -0.370 e. The molecule has 0 aliphatic carbocycles. The van der Waals surface area contributed by atoms with Crippen LogP contribution in [0.25, 0.3) is 0 Å². The molecule has 0 unspecified atom stereocenters. The van der Waals surface area contributed by atoms with Crippen molar-refractivity contribution < 1.29 is 26.3 Å². The highest BCUT2D eigenvalue weighted by Crippen LogP contribution is 2.43. The van der Waals surface area contributed by atoms with Crippen molar-refractivity contribution in [3.8, 4) is 0 Å². The van der Waals surface area contributed by atoms with E-state index in [1.807, 2.05) is 18.8 Å². The van der Waals surface area contributed by atoms with Crippen LogP contribution in [0, 0.1) is 17.6 Å². The maximum atomic E-state index is 14.9. The van der Waals surface area contributed by atoms with Gasteiger partial charge in [0.05, 0.1) is 18.8 Å². The molecule has 168 valence electrons. The fraction of sp³-hybridized carbons (Fsp3) is 0.421. The van der Waals surface area contributed by atoms with Crippen molar-refractivity contribution >= 4 is 33.1 Å². The summed E-state index contributed by atoms with van der Waals surface area (Å²) >= 11 is 6.10. The normalized spacial score (nSPS) is 20.4. The number of pyridine rings is 1. The van der Waals surface area contributed by atoms with Crippen molar-refractivity contribution in [2.24, 2.45) is 0 Å². The summed E-state index contributed by atoms with van der Waals surface area (Å²) in [6, 6.07) is 4.38. The molecule has 1 N–H and O–H groups in total. The van der Waals surface area contributed by atoms with E-state index < -0.39 is 48.9 Å². The van der Waals surface area contributed by atoms with E-state index in [0.29, 0.717) is 19.7 Å². The van der Waals surface area contributed by atoms with Crippen molar-refractivity contribution in [1.82, 2.24) is 9.88 Å². The highest BCUT2D eigenvalue weighted by atomic mass is 35.5. The zero-order chi connectivity index (χ0) is 22.6. The van der Waals surface area contributed by atoms with E-state index in [-0.39, 0.29) is 11.7 Å². The van der Waals surface area contributed by atoms with Crippen LogP contribution in [0.5, 0.6) is 0 Å². The van der Waals surface area contributed by atoms with Gasteiger partial charge < -0.3 is 14.5 Å². The minimum absolute atomic E-state index is 0.0399. The molecule has 2 aliphatic heterocycles. The van der Waals surface area contributed by atoms with Crippen LogP contribution in [-0.4, -0.2) is 63.7 Å². The maximum absolute atomic E-state index is 14.9. The quantitative estimate of drug-likeness (QED) is 0.528. The summed E-state index contributed by atoms with van der Waals surface area (Å²) < 4.78 is 75.8. The molecule has 1 atom stereocenters. The molecule has 4 rings (SSSR count). The number of ether oxygens (including phenoxy) is 1. The lowest BCUT2D eigenvalue weighted by molar-refractivity contribution is -0.0508. The van der Waals surface area contributed by atoms with E-state index in [1.165, 1.54) is 6.07 Å². The summed E-state index contributed by atoms with van der Waals surface area (Å²) in [5, 5.41) is -0.525. The third kappa shape index (κ3) is 3.84. The second kappa shape index (κ2) is 7.80. The van der Waals surface area contributed by atoms with Crippen LogP contribution in [0.15, 0.2) is 29.2 Å². The first-order valence-corrected chi connectivity index (χ1v) is 11.3. The predicted molar refractivity (Wildman–Crippen MR) is 109 cm³/mol. The summed E-state index contributed by atoms with van der Waals surface area (Å²) in [5.41, 5.74) is -0.423. The first-order valence-electron chi connectivity index (χ1n) is 9.42. The number of halogens is 4. The third-order valence-corrected chi connectivity index (χ3v) is 7.34. The third-order valence-electron chi connectivity index (χ3n) is 5.59. The van der Waals surface area contributed by atoms with Crippen LogP contribution >= 0.6 is 11.6 Å². The van der Waals surface area contributed by atoms with Gasteiger partial charge in [0.2, 0.25) is 5.95 Å². The summed E-state index contributed by atoms with van der Waals surface area (Å²) in [7, 11) is -0.869. The molecule has 12 heteroatoms. The van der Waals surface area contributed by atoms with Crippen molar-refractivity contribution in [3.63, 3.8) is 0 Å². The van der Waals surface area contributed by atoms with Crippen LogP contribution in [0.2, 0.25) is 5.02 Å². The molecule has 2 aromatic rings. The number of nitrogens with one attached hydrogen (secondary N) is 1. The number of anilines is 2. The van der Waals surface area contributed by atoms with E-state index >= 15 is 0 Å². The zero-order valence-corrected chi connectivity index (χ0v) is 18.3. The van der Waals surface area contributed by atoms with Gasteiger partial charge in [-0.15, -0.1) is 0 Å². The Hall–Kier alpha value is -2.08. The summed E-state index contributed by atoms with van der Waals surface area (Å²) in [5.74, 6) is -4.13. The van der Waals surface area contributed by atoms with Gasteiger partial charge in [0.1, 0.15) is 22.3 Å². The molecule has 3 heterocycles. The largest absolute Gasteiger partial charge is 0.370 e. The lowest BCUT2D eigenvalue weighted by Gasteiger charge is -2.52. The number of hydrogen-bond acceptors (Lipinski definition) is 6. The van der Waals surface area contributed by atoms with Gasteiger partial charge in [-0.2, -0.15) is 4.39 Å². The van der Waals surface area contributed by atoms with Crippen LogP contribution in [-0.2, 0) is 14.8 Å². The lowest BCUT2D eigenvalue weighted by atomic mass is 9.85. The minimum atomic E-state index is -4.75. The van der Waals surface area contributed by atoms with Gasteiger partial charge in [0.25, 0.3) is 10.0 Å². The van der Waals surface area contributed by atoms with Crippen LogP contribution in [0.1, 0.15) is 6.42 Å². The molecule has 2 fully saturated rings. The molecule has 0 radical (unpaired) electrons. The van der Waals surface area contributed by atoms with Gasteiger partial charge >= 0.3 is 0 Å². The molecule has 2 aliphatic rings. The molecular weight excluding hydrogens is 457 g/mol. The van der Waals surface area contributed by atoms with Gasteiger partial charge in [-0.1, -0.05) is 17.7 Å². The number of nitrogens with zero attached hydrogens (tertiary/aromatic N) is 3. The van der Waals surface area contributed by atoms with Crippen molar-refractivity contribution in [1.29, 1.82) is 0 Å². The standard InChI is InChI=1S/C19H20ClF3N4O3S/c1-26(2)13-6-7-30-19(13)9-27(10-19)12-8-11(21)18(17(23)16(12)20)31(28,29)25-15-5-3-4-14(22)24-15/h3-5,8,13H,6-7,9-10H2,1-2H3,(H,24,25)/t13-/m0/s1. The topological polar surface area (TPSA) is 74.8 Å². The smallest absolute Gasteiger partial charge is 0.268 e. The van der Waals surface area contributed by atoms with Crippen molar-refractivity contribution in [2.45, 2.75) is 23.0 Å². The molecule has 31 heavy (non-hydrogen) atoms. The lowest BCUT2D eigenvalue weighted by Crippen LogP contribution is -2.69. The second-order valence-corrected chi connectivity index (χ2v) is 9.82. The van der Waals surface area contributed by atoms with E-state index in [9.17, 15) is 21.6 Å². The molecule has 0 saturated carbocycles. The van der Waals surface area contributed by atoms with E-state index in [1.54, 1.807) is 4.90 Å². The maximum Gasteiger partial charge on any atom is 0.268 e. The molecule has 1 spiro atoms. The Kier molecular flexibility index (Phi) is 5.57. The molecule has 1 aromatic heterocycles. The van der Waals surface area contributed by atoms with Crippen LogP contribution in [0.3, 0.4) is 0 Å². The average molecular weight is 477 g/mol. The van der Waals surface area contributed by atoms with Crippen molar-refractivity contribution in [2.75, 3.05) is 43.4 Å². The first kappa shape index (κ1) is 22.1. The highest BCUT2D eigenvalue weighted by Gasteiger charge is 2.54. The second-order valence-electron chi connectivity index (χ2n) is 7.82. The molecule has 7 nitrogen and oxygen atoms in total. The van der Waals surface area contributed by atoms with Gasteiger partial charge in [0, 0.05) is 18.7 Å². The summed E-state index contributed by atoms with van der Waals surface area (Å²) in [6.45, 7) is 1.32. The molecule has 0 bridgehead atoms. The zero-order valence-electron chi connectivity index (χ0n) is 16.7. The number of aromatic nitrogens is 1. The number of rotatable bonds is 5. The fourth-order valence-corrected chi connectivity index (χ4v) is 5.70. The van der Waals surface area contributed by atoms with E-state index in [4.69, 9.17) is 16.3 Å². The van der Waals surface area contributed by atoms with Crippen molar-refractivity contribution in [3.05, 3.63) is 46.9 Å². The molecule has 0 amide bonds. The fourth-order valence-electron chi connectivity index (χ4n) is 4.23. The van der Waals surface area contributed by atoms with E-state index in [0.717, 1.165) is 24.6 Å². The molecule has 1 aromatic carbocycles. The van der Waals surface area contributed by atoms with Gasteiger partial charge in [-0.3, -0.25) is 4.72 Å². The Balaban J connectivity index is 1.62. The number of likely N-dealkylation sites (N-methyl/N-ethyl adjacent to an activating group) is 1. The Morgan fingerprint density at radius 2 is 2.00 bits per heavy atom. The Labute approximate surface area is 182 Å². The first-order chi connectivity index (χ1) is 14.5. The molecule has 2 saturated heterocycles. The number of benzene rings is 1. The van der Waals surface area contributed by atoms with Gasteiger partial charge in [-0.05, 0) is 32.6 Å².